The van der Waals surface area contributed by atoms with Crippen LogP contribution in [0.1, 0.15) is 71.1 Å². The molecule has 0 saturated heterocycles. The number of halogens is 5. The zero-order valence-corrected chi connectivity index (χ0v) is 12.1. The fraction of sp³-hybridized carbons (Fsp3) is 1.00. The van der Waals surface area contributed by atoms with Gasteiger partial charge in [0.2, 0.25) is 0 Å². The smallest absolute Gasteiger partial charge is 0.322 e. The van der Waals surface area contributed by atoms with Crippen LogP contribution in [0.5, 0.6) is 0 Å². The second kappa shape index (κ2) is 9.53. The van der Waals surface area contributed by atoms with Gasteiger partial charge in [-0.1, -0.05) is 64.7 Å². The maximum absolute atomic E-state index is 12.8. The van der Waals surface area contributed by atoms with Crippen LogP contribution in [-0.2, 0) is 0 Å². The van der Waals surface area contributed by atoms with E-state index in [1.54, 1.807) is 0 Å². The Morgan fingerprint density at radius 3 is 1.55 bits per heavy atom. The zero-order chi connectivity index (χ0) is 15.6. The first kappa shape index (κ1) is 19.6. The molecule has 0 aliphatic rings. The average molecular weight is 303 g/mol. The second-order valence-corrected chi connectivity index (χ2v) is 5.34. The summed E-state index contributed by atoms with van der Waals surface area (Å²) in [5, 5.41) is 0. The van der Waals surface area contributed by atoms with Crippen molar-refractivity contribution in [3.8, 4) is 0 Å². The Hall–Kier alpha value is -0.390. The van der Waals surface area contributed by atoms with Crippen molar-refractivity contribution in [1.82, 2.24) is 0 Å². The minimum Gasteiger partial charge on any atom is -0.322 e. The van der Waals surface area contributed by atoms with E-state index in [1.165, 1.54) is 25.7 Å². The lowest BCUT2D eigenvalue weighted by Crippen LogP contribution is -2.51. The van der Waals surface area contributed by atoms with E-state index in [9.17, 15) is 22.0 Å². The lowest BCUT2D eigenvalue weighted by molar-refractivity contribution is -0.290. The van der Waals surface area contributed by atoms with Gasteiger partial charge in [0.15, 0.2) is 0 Å². The molecule has 0 aromatic carbocycles. The molecule has 0 aromatic rings. The van der Waals surface area contributed by atoms with Crippen molar-refractivity contribution in [2.45, 2.75) is 89.3 Å². The molecule has 0 radical (unpaired) electrons. The first-order chi connectivity index (χ1) is 9.23. The minimum atomic E-state index is -5.55. The number of nitrogens with two attached hydrogens (primary N) is 1. The van der Waals surface area contributed by atoms with Crippen LogP contribution in [0.4, 0.5) is 22.0 Å². The standard InChI is InChI=1S/C14H26F5N/c1-2-3-4-5-6-7-8-9-10-11-12(20)13(15,16)14(17,18)19/h12H,2-11,20H2,1H3. The van der Waals surface area contributed by atoms with Crippen molar-refractivity contribution in [3.05, 3.63) is 0 Å². The zero-order valence-electron chi connectivity index (χ0n) is 12.1. The molecule has 0 saturated carbocycles. The largest absolute Gasteiger partial charge is 0.454 e. The van der Waals surface area contributed by atoms with Gasteiger partial charge >= 0.3 is 12.1 Å². The van der Waals surface area contributed by atoms with Crippen molar-refractivity contribution in [3.63, 3.8) is 0 Å². The van der Waals surface area contributed by atoms with Crippen LogP contribution in [-0.4, -0.2) is 18.1 Å². The van der Waals surface area contributed by atoms with E-state index >= 15 is 0 Å². The van der Waals surface area contributed by atoms with E-state index in [1.807, 2.05) is 0 Å². The molecule has 0 spiro atoms. The SMILES string of the molecule is CCCCCCCCCCCC(N)C(F)(F)C(F)(F)F. The molecule has 6 heteroatoms. The van der Waals surface area contributed by atoms with Crippen LogP contribution >= 0.6 is 0 Å². The van der Waals surface area contributed by atoms with Gasteiger partial charge in [-0.2, -0.15) is 22.0 Å². The van der Waals surface area contributed by atoms with Crippen molar-refractivity contribution >= 4 is 0 Å². The van der Waals surface area contributed by atoms with Crippen LogP contribution in [0.15, 0.2) is 0 Å². The lowest BCUT2D eigenvalue weighted by Gasteiger charge is -2.25. The third-order valence-electron chi connectivity index (χ3n) is 3.46. The molecule has 1 nitrogen and oxygen atoms in total. The maximum atomic E-state index is 12.8. The Kier molecular flexibility index (Phi) is 9.34. The van der Waals surface area contributed by atoms with E-state index in [0.717, 1.165) is 19.3 Å². The fourth-order valence-electron chi connectivity index (χ4n) is 2.07. The second-order valence-electron chi connectivity index (χ2n) is 5.34. The van der Waals surface area contributed by atoms with Crippen LogP contribution in [0.2, 0.25) is 0 Å². The van der Waals surface area contributed by atoms with E-state index in [2.05, 4.69) is 6.92 Å². The average Bonchev–Trinajstić information content (AvgIpc) is 2.35. The predicted octanol–water partition coefficient (Wildman–Crippen LogP) is 5.43. The van der Waals surface area contributed by atoms with Crippen molar-refractivity contribution in [1.29, 1.82) is 0 Å². The summed E-state index contributed by atoms with van der Waals surface area (Å²) < 4.78 is 61.7. The number of hydrogen-bond acceptors (Lipinski definition) is 1. The highest BCUT2D eigenvalue weighted by atomic mass is 19.4. The molecular weight excluding hydrogens is 277 g/mol. The Balaban J connectivity index is 3.60. The highest BCUT2D eigenvalue weighted by Gasteiger charge is 2.60. The summed E-state index contributed by atoms with van der Waals surface area (Å²) in [6.07, 6.45) is 2.91. The van der Waals surface area contributed by atoms with Gasteiger partial charge < -0.3 is 5.73 Å². The first-order valence-electron chi connectivity index (χ1n) is 7.43. The van der Waals surface area contributed by atoms with Gasteiger partial charge in [0.05, 0.1) is 6.04 Å². The minimum absolute atomic E-state index is 0.289. The Morgan fingerprint density at radius 2 is 1.15 bits per heavy atom. The molecule has 0 bridgehead atoms. The molecule has 2 N–H and O–H groups in total. The van der Waals surface area contributed by atoms with Crippen LogP contribution in [0, 0.1) is 0 Å². The number of rotatable bonds is 11. The third kappa shape index (κ3) is 7.41. The summed E-state index contributed by atoms with van der Waals surface area (Å²) in [4.78, 5) is 0. The highest BCUT2D eigenvalue weighted by molar-refractivity contribution is 4.86. The summed E-state index contributed by atoms with van der Waals surface area (Å²) in [5.41, 5.74) is 4.96. The molecule has 20 heavy (non-hydrogen) atoms. The molecule has 0 amide bonds. The van der Waals surface area contributed by atoms with Crippen LogP contribution < -0.4 is 5.73 Å². The number of hydrogen-bond donors (Lipinski definition) is 1. The summed E-state index contributed by atoms with van der Waals surface area (Å²) in [6.45, 7) is 2.14. The van der Waals surface area contributed by atoms with E-state index in [0.29, 0.717) is 12.8 Å². The lowest BCUT2D eigenvalue weighted by atomic mass is 10.0. The molecule has 0 aliphatic carbocycles. The Bertz CT molecular complexity index is 240. The van der Waals surface area contributed by atoms with Crippen molar-refractivity contribution in [2.24, 2.45) is 5.73 Å². The summed E-state index contributed by atoms with van der Waals surface area (Å²) in [6, 6.07) is -2.13. The van der Waals surface area contributed by atoms with E-state index in [-0.39, 0.29) is 6.42 Å². The van der Waals surface area contributed by atoms with Crippen molar-refractivity contribution in [2.75, 3.05) is 0 Å². The number of unbranched alkanes of at least 4 members (excludes halogenated alkanes) is 8. The molecule has 0 fully saturated rings. The summed E-state index contributed by atoms with van der Waals surface area (Å²) in [5.74, 6) is -4.78. The van der Waals surface area contributed by atoms with Gasteiger partial charge in [0.1, 0.15) is 0 Å². The van der Waals surface area contributed by atoms with Gasteiger partial charge in [-0.15, -0.1) is 0 Å². The predicted molar refractivity (Wildman–Crippen MR) is 70.8 cm³/mol. The normalized spacial score (nSPS) is 14.6. The van der Waals surface area contributed by atoms with Crippen LogP contribution in [0.3, 0.4) is 0 Å². The summed E-state index contributed by atoms with van der Waals surface area (Å²) in [7, 11) is 0. The molecular formula is C14H26F5N. The molecule has 0 rings (SSSR count). The van der Waals surface area contributed by atoms with Gasteiger partial charge in [-0.05, 0) is 6.42 Å². The van der Waals surface area contributed by atoms with Crippen LogP contribution in [0.25, 0.3) is 0 Å². The van der Waals surface area contributed by atoms with E-state index < -0.39 is 18.1 Å². The Morgan fingerprint density at radius 1 is 0.750 bits per heavy atom. The maximum Gasteiger partial charge on any atom is 0.454 e. The molecule has 0 aliphatic heterocycles. The third-order valence-corrected chi connectivity index (χ3v) is 3.46. The van der Waals surface area contributed by atoms with Gasteiger partial charge in [-0.25, -0.2) is 0 Å². The molecule has 0 heterocycles. The fourth-order valence-corrected chi connectivity index (χ4v) is 2.07. The topological polar surface area (TPSA) is 26.0 Å². The number of alkyl halides is 5. The van der Waals surface area contributed by atoms with E-state index in [4.69, 9.17) is 5.73 Å². The summed E-state index contributed by atoms with van der Waals surface area (Å²) >= 11 is 0. The quantitative estimate of drug-likeness (QED) is 0.399. The molecule has 122 valence electrons. The Labute approximate surface area is 118 Å². The van der Waals surface area contributed by atoms with Gasteiger partial charge in [0.25, 0.3) is 0 Å². The monoisotopic (exact) mass is 303 g/mol. The first-order valence-corrected chi connectivity index (χ1v) is 7.43. The van der Waals surface area contributed by atoms with Gasteiger partial charge in [-0.3, -0.25) is 0 Å². The molecule has 1 unspecified atom stereocenters. The van der Waals surface area contributed by atoms with Crippen molar-refractivity contribution < 1.29 is 22.0 Å². The molecule has 0 aromatic heterocycles. The molecule has 1 atom stereocenters. The highest BCUT2D eigenvalue weighted by Crippen LogP contribution is 2.38. The van der Waals surface area contributed by atoms with Gasteiger partial charge in [0, 0.05) is 0 Å².